The largest absolute Gasteiger partial charge is 0.314 e. The summed E-state index contributed by atoms with van der Waals surface area (Å²) in [5, 5.41) is 3.66. The van der Waals surface area contributed by atoms with Crippen molar-refractivity contribution in [3.63, 3.8) is 0 Å². The van der Waals surface area contributed by atoms with Gasteiger partial charge in [-0.25, -0.2) is 0 Å². The van der Waals surface area contributed by atoms with Crippen LogP contribution in [0.3, 0.4) is 0 Å². The van der Waals surface area contributed by atoms with E-state index < -0.39 is 0 Å². The van der Waals surface area contributed by atoms with Crippen LogP contribution in [0, 0.1) is 17.3 Å². The van der Waals surface area contributed by atoms with Gasteiger partial charge >= 0.3 is 0 Å². The molecule has 1 saturated carbocycles. The SMILES string of the molecule is CCCNC(C)CC(C)(C)C1CCCCC1CC. The van der Waals surface area contributed by atoms with Crippen molar-refractivity contribution < 1.29 is 0 Å². The maximum absolute atomic E-state index is 3.66. The van der Waals surface area contributed by atoms with E-state index in [9.17, 15) is 0 Å². The van der Waals surface area contributed by atoms with Crippen LogP contribution >= 0.6 is 0 Å². The Labute approximate surface area is 115 Å². The molecule has 0 amide bonds. The van der Waals surface area contributed by atoms with E-state index in [0.717, 1.165) is 11.8 Å². The normalized spacial score (nSPS) is 27.2. The smallest absolute Gasteiger partial charge is 0.00439 e. The summed E-state index contributed by atoms with van der Waals surface area (Å²) in [6.07, 6.45) is 9.81. The van der Waals surface area contributed by atoms with Gasteiger partial charge in [-0.1, -0.05) is 53.4 Å². The molecule has 0 aromatic carbocycles. The Morgan fingerprint density at radius 2 is 1.83 bits per heavy atom. The van der Waals surface area contributed by atoms with Gasteiger partial charge in [-0.2, -0.15) is 0 Å². The topological polar surface area (TPSA) is 12.0 Å². The summed E-state index contributed by atoms with van der Waals surface area (Å²) in [6, 6.07) is 0.666. The van der Waals surface area contributed by atoms with Gasteiger partial charge in [0.25, 0.3) is 0 Å². The first-order valence-corrected chi connectivity index (χ1v) is 8.24. The average molecular weight is 253 g/mol. The molecule has 0 heterocycles. The first-order valence-electron chi connectivity index (χ1n) is 8.24. The Morgan fingerprint density at radius 3 is 2.44 bits per heavy atom. The minimum Gasteiger partial charge on any atom is -0.314 e. The van der Waals surface area contributed by atoms with Gasteiger partial charge in [0.2, 0.25) is 0 Å². The Kier molecular flexibility index (Phi) is 6.70. The molecule has 18 heavy (non-hydrogen) atoms. The van der Waals surface area contributed by atoms with Gasteiger partial charge in [0, 0.05) is 6.04 Å². The van der Waals surface area contributed by atoms with E-state index in [2.05, 4.69) is 39.9 Å². The summed E-state index contributed by atoms with van der Waals surface area (Å²) in [4.78, 5) is 0. The molecule has 0 bridgehead atoms. The Balaban J connectivity index is 2.54. The van der Waals surface area contributed by atoms with Crippen molar-refractivity contribution in [1.82, 2.24) is 5.32 Å². The van der Waals surface area contributed by atoms with E-state index in [0.29, 0.717) is 11.5 Å². The Bertz CT molecular complexity index is 222. The lowest BCUT2D eigenvalue weighted by Gasteiger charge is -2.44. The third-order valence-electron chi connectivity index (χ3n) is 5.01. The number of hydrogen-bond acceptors (Lipinski definition) is 1. The van der Waals surface area contributed by atoms with Crippen molar-refractivity contribution in [3.8, 4) is 0 Å². The van der Waals surface area contributed by atoms with Crippen molar-refractivity contribution >= 4 is 0 Å². The summed E-state index contributed by atoms with van der Waals surface area (Å²) < 4.78 is 0. The fourth-order valence-electron chi connectivity index (χ4n) is 4.13. The Hall–Kier alpha value is -0.0400. The van der Waals surface area contributed by atoms with Gasteiger partial charge in [-0.05, 0) is 50.0 Å². The minimum atomic E-state index is 0.501. The van der Waals surface area contributed by atoms with Crippen LogP contribution in [0.4, 0.5) is 0 Å². The third kappa shape index (κ3) is 4.57. The molecule has 1 heteroatoms. The van der Waals surface area contributed by atoms with Crippen LogP contribution < -0.4 is 5.32 Å². The molecule has 0 aromatic rings. The molecule has 3 atom stereocenters. The highest BCUT2D eigenvalue weighted by atomic mass is 14.9. The van der Waals surface area contributed by atoms with E-state index in [1.54, 1.807) is 0 Å². The van der Waals surface area contributed by atoms with Crippen LogP contribution in [0.15, 0.2) is 0 Å². The summed E-state index contributed by atoms with van der Waals surface area (Å²) in [5.74, 6) is 1.93. The van der Waals surface area contributed by atoms with Gasteiger partial charge in [-0.3, -0.25) is 0 Å². The maximum atomic E-state index is 3.66. The summed E-state index contributed by atoms with van der Waals surface area (Å²) in [5.41, 5.74) is 0.501. The van der Waals surface area contributed by atoms with Crippen LogP contribution in [0.5, 0.6) is 0 Å². The van der Waals surface area contributed by atoms with Crippen LogP contribution in [-0.2, 0) is 0 Å². The van der Waals surface area contributed by atoms with E-state index in [1.165, 1.54) is 51.5 Å². The molecule has 1 nitrogen and oxygen atoms in total. The Morgan fingerprint density at radius 1 is 1.17 bits per heavy atom. The van der Waals surface area contributed by atoms with Crippen molar-refractivity contribution in [2.24, 2.45) is 17.3 Å². The second-order valence-corrected chi connectivity index (χ2v) is 7.11. The second kappa shape index (κ2) is 7.53. The zero-order valence-electron chi connectivity index (χ0n) is 13.4. The highest BCUT2D eigenvalue weighted by molar-refractivity contribution is 4.88. The predicted octanol–water partition coefficient (Wildman–Crippen LogP) is 5.01. The zero-order chi connectivity index (χ0) is 13.6. The standard InChI is InChI=1S/C17H35N/c1-6-12-18-14(3)13-17(4,5)16-11-9-8-10-15(16)7-2/h14-16,18H,6-13H2,1-5H3. The average Bonchev–Trinajstić information content (AvgIpc) is 2.35. The number of nitrogens with one attached hydrogen (secondary N) is 1. The van der Waals surface area contributed by atoms with Crippen molar-refractivity contribution in [2.45, 2.75) is 85.6 Å². The first kappa shape index (κ1) is 16.0. The van der Waals surface area contributed by atoms with E-state index in [4.69, 9.17) is 0 Å². The van der Waals surface area contributed by atoms with Crippen LogP contribution in [0.1, 0.15) is 79.6 Å². The van der Waals surface area contributed by atoms with Crippen molar-refractivity contribution in [3.05, 3.63) is 0 Å². The van der Waals surface area contributed by atoms with Crippen molar-refractivity contribution in [2.75, 3.05) is 6.54 Å². The lowest BCUT2D eigenvalue weighted by atomic mass is 9.63. The molecule has 1 rings (SSSR count). The highest BCUT2D eigenvalue weighted by Gasteiger charge is 2.36. The first-order chi connectivity index (χ1) is 8.51. The monoisotopic (exact) mass is 253 g/mol. The maximum Gasteiger partial charge on any atom is 0.00439 e. The van der Waals surface area contributed by atoms with Gasteiger partial charge in [0.15, 0.2) is 0 Å². The molecular weight excluding hydrogens is 218 g/mol. The molecule has 1 N–H and O–H groups in total. The van der Waals surface area contributed by atoms with Crippen LogP contribution in [-0.4, -0.2) is 12.6 Å². The fraction of sp³-hybridized carbons (Fsp3) is 1.00. The second-order valence-electron chi connectivity index (χ2n) is 7.11. The predicted molar refractivity (Wildman–Crippen MR) is 81.9 cm³/mol. The number of hydrogen-bond donors (Lipinski definition) is 1. The fourth-order valence-corrected chi connectivity index (χ4v) is 4.13. The van der Waals surface area contributed by atoms with E-state index in [-0.39, 0.29) is 0 Å². The summed E-state index contributed by atoms with van der Waals surface area (Å²) >= 11 is 0. The molecule has 3 unspecified atom stereocenters. The lowest BCUT2D eigenvalue weighted by Crippen LogP contribution is -2.39. The molecule has 1 aliphatic rings. The van der Waals surface area contributed by atoms with Crippen molar-refractivity contribution in [1.29, 1.82) is 0 Å². The molecule has 0 spiro atoms. The van der Waals surface area contributed by atoms with Gasteiger partial charge in [0.1, 0.15) is 0 Å². The quantitative estimate of drug-likeness (QED) is 0.672. The van der Waals surface area contributed by atoms with Gasteiger partial charge < -0.3 is 5.32 Å². The lowest BCUT2D eigenvalue weighted by molar-refractivity contribution is 0.0733. The third-order valence-corrected chi connectivity index (χ3v) is 5.01. The molecule has 1 aliphatic carbocycles. The summed E-state index contributed by atoms with van der Waals surface area (Å²) in [6.45, 7) is 13.2. The summed E-state index contributed by atoms with van der Waals surface area (Å²) in [7, 11) is 0. The highest BCUT2D eigenvalue weighted by Crippen LogP contribution is 2.45. The van der Waals surface area contributed by atoms with Crippen LogP contribution in [0.25, 0.3) is 0 Å². The molecule has 0 aliphatic heterocycles. The van der Waals surface area contributed by atoms with Gasteiger partial charge in [0.05, 0.1) is 0 Å². The van der Waals surface area contributed by atoms with E-state index >= 15 is 0 Å². The number of rotatable bonds is 7. The molecule has 0 radical (unpaired) electrons. The molecule has 0 saturated heterocycles. The van der Waals surface area contributed by atoms with Crippen LogP contribution in [0.2, 0.25) is 0 Å². The molecule has 108 valence electrons. The molecular formula is C17H35N. The van der Waals surface area contributed by atoms with Gasteiger partial charge in [-0.15, -0.1) is 0 Å². The molecule has 0 aromatic heterocycles. The molecule has 1 fully saturated rings. The zero-order valence-corrected chi connectivity index (χ0v) is 13.4. The minimum absolute atomic E-state index is 0.501. The van der Waals surface area contributed by atoms with E-state index in [1.807, 2.05) is 0 Å².